The van der Waals surface area contributed by atoms with Crippen molar-refractivity contribution >= 4 is 0 Å². The van der Waals surface area contributed by atoms with Gasteiger partial charge in [-0.3, -0.25) is 0 Å². The van der Waals surface area contributed by atoms with Gasteiger partial charge in [0.1, 0.15) is 6.10 Å². The van der Waals surface area contributed by atoms with Gasteiger partial charge in [0.25, 0.3) is 0 Å². The minimum atomic E-state index is -0.465. The molecule has 0 heterocycles. The van der Waals surface area contributed by atoms with Gasteiger partial charge in [0, 0.05) is 0 Å². The highest BCUT2D eigenvalue weighted by Crippen LogP contribution is 1.94. The van der Waals surface area contributed by atoms with Crippen LogP contribution in [0.1, 0.15) is 19.8 Å². The summed E-state index contributed by atoms with van der Waals surface area (Å²) in [6.45, 7) is 5.25. The molecule has 0 amide bonds. The summed E-state index contributed by atoms with van der Waals surface area (Å²) in [7, 11) is 0. The second-order valence-electron chi connectivity index (χ2n) is 1.78. The molecule has 50 valence electrons. The van der Waals surface area contributed by atoms with Crippen LogP contribution in [0.3, 0.4) is 0 Å². The van der Waals surface area contributed by atoms with E-state index in [2.05, 4.69) is 18.4 Å². The van der Waals surface area contributed by atoms with Crippen molar-refractivity contribution in [2.24, 2.45) is 0 Å². The molecule has 0 saturated carbocycles. The highest BCUT2D eigenvalue weighted by molar-refractivity contribution is 5.01. The molecule has 0 fully saturated rings. The van der Waals surface area contributed by atoms with Gasteiger partial charge in [-0.2, -0.15) is 0 Å². The van der Waals surface area contributed by atoms with Crippen LogP contribution in [0.2, 0.25) is 0 Å². The summed E-state index contributed by atoms with van der Waals surface area (Å²) in [6, 6.07) is 0. The molecule has 1 atom stereocenters. The van der Waals surface area contributed by atoms with E-state index in [-0.39, 0.29) is 0 Å². The summed E-state index contributed by atoms with van der Waals surface area (Å²) in [6.07, 6.45) is 2.84. The molecule has 0 aromatic carbocycles. The van der Waals surface area contributed by atoms with Crippen LogP contribution in [0.15, 0.2) is 12.7 Å². The first-order chi connectivity index (χ1) is 4.31. The van der Waals surface area contributed by atoms with E-state index in [1.54, 1.807) is 13.0 Å². The fraction of sp³-hybridized carbons (Fsp3) is 0.500. The molecule has 1 heteroatoms. The predicted octanol–water partition coefficient (Wildman–Crippen LogP) is 1.34. The molecule has 9 heavy (non-hydrogen) atoms. The predicted molar refractivity (Wildman–Crippen MR) is 38.9 cm³/mol. The maximum atomic E-state index is 8.96. The lowest BCUT2D eigenvalue weighted by Crippen LogP contribution is -2.00. The first kappa shape index (κ1) is 8.26. The number of allylic oxidation sites excluding steroid dienone is 1. The molecule has 1 N–H and O–H groups in total. The van der Waals surface area contributed by atoms with Crippen LogP contribution >= 0.6 is 0 Å². The van der Waals surface area contributed by atoms with Crippen LogP contribution in [-0.2, 0) is 0 Å². The molecule has 0 bridgehead atoms. The van der Waals surface area contributed by atoms with Crippen molar-refractivity contribution in [1.82, 2.24) is 0 Å². The van der Waals surface area contributed by atoms with Gasteiger partial charge in [0.15, 0.2) is 0 Å². The SMILES string of the molecule is C=CCCC(O)C#CC. The molecular formula is C8H12O. The number of aliphatic hydroxyl groups excluding tert-OH is 1. The van der Waals surface area contributed by atoms with E-state index in [1.807, 2.05) is 0 Å². The summed E-state index contributed by atoms with van der Waals surface area (Å²) >= 11 is 0. The highest BCUT2D eigenvalue weighted by Gasteiger charge is 1.93. The average Bonchev–Trinajstić information content (AvgIpc) is 1.85. The second-order valence-corrected chi connectivity index (χ2v) is 1.78. The Hall–Kier alpha value is -0.740. The fourth-order valence-electron chi connectivity index (χ4n) is 0.515. The van der Waals surface area contributed by atoms with Gasteiger partial charge in [-0.25, -0.2) is 0 Å². The van der Waals surface area contributed by atoms with Crippen LogP contribution < -0.4 is 0 Å². The first-order valence-corrected chi connectivity index (χ1v) is 3.02. The van der Waals surface area contributed by atoms with Gasteiger partial charge in [-0.15, -0.1) is 12.5 Å². The summed E-state index contributed by atoms with van der Waals surface area (Å²) in [5.74, 6) is 5.28. The monoisotopic (exact) mass is 124 g/mol. The third-order valence-electron chi connectivity index (χ3n) is 0.955. The number of aliphatic hydroxyl groups is 1. The zero-order valence-electron chi connectivity index (χ0n) is 5.72. The Morgan fingerprint density at radius 2 is 2.44 bits per heavy atom. The molecule has 0 saturated heterocycles. The van der Waals surface area contributed by atoms with Crippen molar-refractivity contribution in [3.63, 3.8) is 0 Å². The van der Waals surface area contributed by atoms with Crippen molar-refractivity contribution in [3.05, 3.63) is 12.7 Å². The lowest BCUT2D eigenvalue weighted by Gasteiger charge is -1.96. The van der Waals surface area contributed by atoms with Crippen molar-refractivity contribution in [2.45, 2.75) is 25.9 Å². The molecule has 0 aliphatic rings. The summed E-state index contributed by atoms with van der Waals surface area (Å²) in [5.41, 5.74) is 0. The second kappa shape index (κ2) is 5.40. The molecule has 0 aliphatic carbocycles. The van der Waals surface area contributed by atoms with Crippen molar-refractivity contribution in [1.29, 1.82) is 0 Å². The Morgan fingerprint density at radius 3 is 2.89 bits per heavy atom. The quantitative estimate of drug-likeness (QED) is 0.444. The van der Waals surface area contributed by atoms with Crippen molar-refractivity contribution in [3.8, 4) is 11.8 Å². The molecule has 1 unspecified atom stereocenters. The van der Waals surface area contributed by atoms with Crippen LogP contribution in [0.4, 0.5) is 0 Å². The third kappa shape index (κ3) is 5.13. The third-order valence-corrected chi connectivity index (χ3v) is 0.955. The lowest BCUT2D eigenvalue weighted by molar-refractivity contribution is 0.223. The lowest BCUT2D eigenvalue weighted by atomic mass is 10.2. The van der Waals surface area contributed by atoms with Crippen molar-refractivity contribution < 1.29 is 5.11 Å². The van der Waals surface area contributed by atoms with Crippen LogP contribution in [-0.4, -0.2) is 11.2 Å². The molecule has 1 nitrogen and oxygen atoms in total. The summed E-state index contributed by atoms with van der Waals surface area (Å²) < 4.78 is 0. The molecule has 0 spiro atoms. The van der Waals surface area contributed by atoms with Crippen LogP contribution in [0.25, 0.3) is 0 Å². The topological polar surface area (TPSA) is 20.2 Å². The Kier molecular flexibility index (Phi) is 4.95. The Bertz CT molecular complexity index is 127. The van der Waals surface area contributed by atoms with Crippen molar-refractivity contribution in [2.75, 3.05) is 0 Å². The maximum absolute atomic E-state index is 8.96. The largest absolute Gasteiger partial charge is 0.380 e. The van der Waals surface area contributed by atoms with Gasteiger partial charge in [0.2, 0.25) is 0 Å². The first-order valence-electron chi connectivity index (χ1n) is 3.02. The molecule has 0 radical (unpaired) electrons. The smallest absolute Gasteiger partial charge is 0.115 e. The van der Waals surface area contributed by atoms with Gasteiger partial charge >= 0.3 is 0 Å². The molecule has 0 aromatic rings. The van der Waals surface area contributed by atoms with E-state index in [4.69, 9.17) is 5.11 Å². The summed E-state index contributed by atoms with van der Waals surface area (Å²) in [4.78, 5) is 0. The Labute approximate surface area is 56.4 Å². The molecule has 0 aromatic heterocycles. The zero-order chi connectivity index (χ0) is 7.11. The van der Waals surface area contributed by atoms with Gasteiger partial charge < -0.3 is 5.11 Å². The number of rotatable bonds is 3. The minimum Gasteiger partial charge on any atom is -0.380 e. The molecular weight excluding hydrogens is 112 g/mol. The Morgan fingerprint density at radius 1 is 1.78 bits per heavy atom. The van der Waals surface area contributed by atoms with Crippen LogP contribution in [0, 0.1) is 11.8 Å². The minimum absolute atomic E-state index is 0.465. The van der Waals surface area contributed by atoms with Gasteiger partial charge in [-0.05, 0) is 19.8 Å². The number of hydrogen-bond donors (Lipinski definition) is 1. The van der Waals surface area contributed by atoms with Gasteiger partial charge in [0.05, 0.1) is 0 Å². The van der Waals surface area contributed by atoms with E-state index in [9.17, 15) is 0 Å². The van der Waals surface area contributed by atoms with E-state index >= 15 is 0 Å². The average molecular weight is 124 g/mol. The fourth-order valence-corrected chi connectivity index (χ4v) is 0.515. The Balaban J connectivity index is 3.33. The zero-order valence-corrected chi connectivity index (χ0v) is 5.72. The van der Waals surface area contributed by atoms with E-state index in [0.717, 1.165) is 6.42 Å². The van der Waals surface area contributed by atoms with E-state index < -0.39 is 6.10 Å². The molecule has 0 aliphatic heterocycles. The highest BCUT2D eigenvalue weighted by atomic mass is 16.3. The number of hydrogen-bond acceptors (Lipinski definition) is 1. The maximum Gasteiger partial charge on any atom is 0.115 e. The molecule has 0 rings (SSSR count). The van der Waals surface area contributed by atoms with E-state index in [1.165, 1.54) is 0 Å². The van der Waals surface area contributed by atoms with E-state index in [0.29, 0.717) is 6.42 Å². The van der Waals surface area contributed by atoms with Crippen LogP contribution in [0.5, 0.6) is 0 Å². The summed E-state index contributed by atoms with van der Waals surface area (Å²) in [5, 5.41) is 8.96. The normalized spacial score (nSPS) is 11.3. The van der Waals surface area contributed by atoms with Gasteiger partial charge in [-0.1, -0.05) is 12.0 Å². The standard InChI is InChI=1S/C8H12O/c1-3-5-7-8(9)6-4-2/h3,8-9H,1,5,7H2,2H3.